The van der Waals surface area contributed by atoms with Crippen molar-refractivity contribution in [1.82, 2.24) is 19.9 Å². The van der Waals surface area contributed by atoms with Crippen molar-refractivity contribution >= 4 is 28.3 Å². The molecule has 4 aromatic rings. The van der Waals surface area contributed by atoms with E-state index in [4.69, 9.17) is 9.47 Å². The van der Waals surface area contributed by atoms with Crippen LogP contribution in [0.4, 0.5) is 25.0 Å². The third-order valence-corrected chi connectivity index (χ3v) is 5.74. The van der Waals surface area contributed by atoms with E-state index >= 15 is 0 Å². The zero-order chi connectivity index (χ0) is 24.4. The number of anilines is 2. The van der Waals surface area contributed by atoms with E-state index in [1.165, 1.54) is 31.8 Å². The van der Waals surface area contributed by atoms with Crippen LogP contribution in [0.1, 0.15) is 0 Å². The quantitative estimate of drug-likeness (QED) is 0.440. The molecule has 0 saturated carbocycles. The van der Waals surface area contributed by atoms with Crippen molar-refractivity contribution in [3.05, 3.63) is 66.6 Å². The van der Waals surface area contributed by atoms with Crippen molar-refractivity contribution in [1.29, 1.82) is 0 Å². The summed E-state index contributed by atoms with van der Waals surface area (Å²) in [5, 5.41) is 3.04. The molecule has 0 spiro atoms. The topological polar surface area (TPSA) is 95.6 Å². The SMILES string of the molecule is COc1cncc(Oc2ccc(N3CCN(C(=O)Nc4c[nH]c5c(F)cc(F)cc45)CC3)cc2)n1. The fourth-order valence-corrected chi connectivity index (χ4v) is 3.94. The predicted molar refractivity (Wildman–Crippen MR) is 126 cm³/mol. The summed E-state index contributed by atoms with van der Waals surface area (Å²) in [6.45, 7) is 2.25. The molecule has 1 aliphatic heterocycles. The smallest absolute Gasteiger partial charge is 0.322 e. The maximum absolute atomic E-state index is 13.9. The summed E-state index contributed by atoms with van der Waals surface area (Å²) in [6, 6.07) is 9.22. The van der Waals surface area contributed by atoms with Gasteiger partial charge in [-0.25, -0.2) is 13.6 Å². The van der Waals surface area contributed by atoms with E-state index in [-0.39, 0.29) is 16.9 Å². The lowest BCUT2D eigenvalue weighted by atomic mass is 10.2. The van der Waals surface area contributed by atoms with E-state index in [1.807, 2.05) is 24.3 Å². The molecule has 0 aliphatic carbocycles. The Morgan fingerprint density at radius 3 is 2.54 bits per heavy atom. The molecule has 2 aromatic carbocycles. The number of nitrogens with zero attached hydrogens (tertiary/aromatic N) is 4. The number of hydrogen-bond donors (Lipinski definition) is 2. The Bertz CT molecular complexity index is 1350. The number of piperazine rings is 1. The number of fused-ring (bicyclic) bond motifs is 1. The van der Waals surface area contributed by atoms with Crippen molar-refractivity contribution in [2.24, 2.45) is 0 Å². The van der Waals surface area contributed by atoms with E-state index < -0.39 is 11.6 Å². The monoisotopic (exact) mass is 480 g/mol. The fraction of sp³-hybridized carbons (Fsp3) is 0.208. The molecule has 3 heterocycles. The van der Waals surface area contributed by atoms with Crippen LogP contribution < -0.4 is 19.7 Å². The summed E-state index contributed by atoms with van der Waals surface area (Å²) in [7, 11) is 1.51. The number of aromatic nitrogens is 3. The van der Waals surface area contributed by atoms with Crippen LogP contribution in [0, 0.1) is 11.6 Å². The van der Waals surface area contributed by atoms with Crippen LogP contribution >= 0.6 is 0 Å². The second-order valence-corrected chi connectivity index (χ2v) is 7.91. The van der Waals surface area contributed by atoms with E-state index in [9.17, 15) is 13.6 Å². The number of halogens is 2. The molecule has 180 valence electrons. The molecule has 0 unspecified atom stereocenters. The van der Waals surface area contributed by atoms with Crippen molar-refractivity contribution in [2.45, 2.75) is 0 Å². The van der Waals surface area contributed by atoms with E-state index in [1.54, 1.807) is 4.90 Å². The van der Waals surface area contributed by atoms with Gasteiger partial charge < -0.3 is 29.6 Å². The molecule has 0 bridgehead atoms. The molecule has 2 aromatic heterocycles. The third-order valence-electron chi connectivity index (χ3n) is 5.74. The number of benzene rings is 2. The molecule has 11 heteroatoms. The first-order valence-electron chi connectivity index (χ1n) is 10.9. The highest BCUT2D eigenvalue weighted by Gasteiger charge is 2.22. The molecule has 0 atom stereocenters. The average molecular weight is 480 g/mol. The number of hydrogen-bond acceptors (Lipinski definition) is 6. The highest BCUT2D eigenvalue weighted by atomic mass is 19.1. The number of H-pyrrole nitrogens is 1. The van der Waals surface area contributed by atoms with Gasteiger partial charge in [0.1, 0.15) is 17.4 Å². The van der Waals surface area contributed by atoms with Gasteiger partial charge in [-0.1, -0.05) is 0 Å². The van der Waals surface area contributed by atoms with Gasteiger partial charge in [-0.05, 0) is 30.3 Å². The number of urea groups is 1. The lowest BCUT2D eigenvalue weighted by Gasteiger charge is -2.36. The second-order valence-electron chi connectivity index (χ2n) is 7.91. The molecular weight excluding hydrogens is 458 g/mol. The molecule has 2 amide bonds. The Balaban J connectivity index is 1.17. The van der Waals surface area contributed by atoms with Gasteiger partial charge in [0.05, 0.1) is 30.7 Å². The fourth-order valence-electron chi connectivity index (χ4n) is 3.94. The van der Waals surface area contributed by atoms with Gasteiger partial charge in [0.15, 0.2) is 0 Å². The highest BCUT2D eigenvalue weighted by Crippen LogP contribution is 2.28. The third kappa shape index (κ3) is 4.79. The van der Waals surface area contributed by atoms with E-state index in [2.05, 4.69) is 25.2 Å². The molecule has 1 saturated heterocycles. The van der Waals surface area contributed by atoms with E-state index in [0.717, 1.165) is 11.8 Å². The van der Waals surface area contributed by atoms with Crippen molar-refractivity contribution in [3.8, 4) is 17.5 Å². The summed E-state index contributed by atoms with van der Waals surface area (Å²) in [6.07, 6.45) is 4.46. The molecule has 0 radical (unpaired) electrons. The van der Waals surface area contributed by atoms with Crippen LogP contribution in [-0.4, -0.2) is 59.2 Å². The maximum Gasteiger partial charge on any atom is 0.322 e. The first-order chi connectivity index (χ1) is 17.0. The van der Waals surface area contributed by atoms with Gasteiger partial charge in [-0.2, -0.15) is 4.98 Å². The summed E-state index contributed by atoms with van der Waals surface area (Å²) >= 11 is 0. The maximum atomic E-state index is 13.9. The van der Waals surface area contributed by atoms with Crippen molar-refractivity contribution in [3.63, 3.8) is 0 Å². The summed E-state index contributed by atoms with van der Waals surface area (Å²) in [5.41, 5.74) is 1.48. The second kappa shape index (κ2) is 9.45. The zero-order valence-corrected chi connectivity index (χ0v) is 18.8. The predicted octanol–water partition coefficient (Wildman–Crippen LogP) is 4.39. The Hall–Kier alpha value is -4.41. The van der Waals surface area contributed by atoms with Gasteiger partial charge in [-0.15, -0.1) is 0 Å². The van der Waals surface area contributed by atoms with E-state index in [0.29, 0.717) is 49.4 Å². The lowest BCUT2D eigenvalue weighted by Crippen LogP contribution is -2.50. The van der Waals surface area contributed by atoms with Crippen molar-refractivity contribution < 1.29 is 23.0 Å². The minimum absolute atomic E-state index is 0.150. The molecule has 1 fully saturated rings. The largest absolute Gasteiger partial charge is 0.480 e. The average Bonchev–Trinajstić information content (AvgIpc) is 3.27. The highest BCUT2D eigenvalue weighted by molar-refractivity contribution is 6.01. The number of nitrogens with one attached hydrogen (secondary N) is 2. The van der Waals surface area contributed by atoms with Crippen LogP contribution in [-0.2, 0) is 0 Å². The van der Waals surface area contributed by atoms with Gasteiger partial charge in [0.25, 0.3) is 0 Å². The minimum atomic E-state index is -0.707. The van der Waals surface area contributed by atoms with Gasteiger partial charge in [-0.3, -0.25) is 4.98 Å². The normalized spacial score (nSPS) is 13.7. The molecule has 5 rings (SSSR count). The summed E-state index contributed by atoms with van der Waals surface area (Å²) < 4.78 is 38.3. The first-order valence-corrected chi connectivity index (χ1v) is 10.9. The Labute approximate surface area is 199 Å². The number of amides is 2. The zero-order valence-electron chi connectivity index (χ0n) is 18.8. The summed E-state index contributed by atoms with van der Waals surface area (Å²) in [4.78, 5) is 27.5. The number of methoxy groups -OCH3 is 1. The number of aromatic amines is 1. The first kappa shape index (κ1) is 22.4. The van der Waals surface area contributed by atoms with Crippen LogP contribution in [0.15, 0.2) is 55.0 Å². The Morgan fingerprint density at radius 2 is 1.80 bits per heavy atom. The van der Waals surface area contributed by atoms with Crippen LogP contribution in [0.5, 0.6) is 17.5 Å². The molecule has 9 nitrogen and oxygen atoms in total. The number of ether oxygens (including phenoxy) is 2. The van der Waals surface area contributed by atoms with Gasteiger partial charge in [0, 0.05) is 49.5 Å². The molecule has 35 heavy (non-hydrogen) atoms. The number of carbonyl (C=O) groups excluding carboxylic acids is 1. The van der Waals surface area contributed by atoms with Gasteiger partial charge >= 0.3 is 6.03 Å². The van der Waals surface area contributed by atoms with Gasteiger partial charge in [0.2, 0.25) is 11.8 Å². The van der Waals surface area contributed by atoms with Crippen LogP contribution in [0.25, 0.3) is 10.9 Å². The Kier molecular flexibility index (Phi) is 6.04. The lowest BCUT2D eigenvalue weighted by molar-refractivity contribution is 0.208. The van der Waals surface area contributed by atoms with Crippen LogP contribution in [0.3, 0.4) is 0 Å². The van der Waals surface area contributed by atoms with Crippen molar-refractivity contribution in [2.75, 3.05) is 43.5 Å². The molecular formula is C24H22F2N6O3. The number of carbonyl (C=O) groups is 1. The standard InChI is InChI=1S/C24H22F2N6O3/c1-34-21-13-27-14-22(30-21)35-17-4-2-16(3-5-17)31-6-8-32(9-7-31)24(33)29-20-12-28-23-18(20)10-15(25)11-19(23)26/h2-5,10-14,28H,6-9H2,1H3,(H,29,33). The van der Waals surface area contributed by atoms with Crippen LogP contribution in [0.2, 0.25) is 0 Å². The molecule has 1 aliphatic rings. The molecule has 2 N–H and O–H groups in total. The summed E-state index contributed by atoms with van der Waals surface area (Å²) in [5.74, 6) is -0.100. The number of rotatable bonds is 5. The minimum Gasteiger partial charge on any atom is -0.480 e. The Morgan fingerprint density at radius 1 is 1.06 bits per heavy atom.